The Labute approximate surface area is 208 Å². The van der Waals surface area contributed by atoms with Gasteiger partial charge in [-0.15, -0.1) is 0 Å². The Balaban J connectivity index is 1.65. The lowest BCUT2D eigenvalue weighted by molar-refractivity contribution is 0.472. The van der Waals surface area contributed by atoms with E-state index in [1.54, 1.807) is 30.6 Å². The Bertz CT molecular complexity index is 1340. The standard InChI is InChI=1S/C26H24ClN5OS/c1-16-12-20(17(2)31(16)15-18-6-5-10-28-14-18)25-24(21-7-3-4-11-29-21)30-26(34)32(25)22-13-19(27)8-9-23(22)33/h3-14,24-25,33H,15H2,1-2H3,(H,30,34)/t24-,25-/m1/s1. The number of hydrogen-bond acceptors (Lipinski definition) is 4. The van der Waals surface area contributed by atoms with E-state index in [4.69, 9.17) is 23.8 Å². The van der Waals surface area contributed by atoms with E-state index in [1.165, 1.54) is 0 Å². The first kappa shape index (κ1) is 22.4. The number of pyridine rings is 2. The molecule has 1 aliphatic heterocycles. The second kappa shape index (κ2) is 9.08. The molecule has 6 nitrogen and oxygen atoms in total. The van der Waals surface area contributed by atoms with Gasteiger partial charge >= 0.3 is 0 Å². The molecule has 0 saturated carbocycles. The van der Waals surface area contributed by atoms with E-state index in [1.807, 2.05) is 35.4 Å². The van der Waals surface area contributed by atoms with Gasteiger partial charge in [0, 0.05) is 41.5 Å². The molecule has 8 heteroatoms. The molecule has 1 aliphatic rings. The fourth-order valence-electron chi connectivity index (χ4n) is 4.66. The highest BCUT2D eigenvalue weighted by Gasteiger charge is 2.43. The van der Waals surface area contributed by atoms with Crippen molar-refractivity contribution in [3.8, 4) is 5.75 Å². The molecule has 4 heterocycles. The average molecular weight is 490 g/mol. The van der Waals surface area contributed by atoms with Crippen LogP contribution in [-0.4, -0.2) is 24.8 Å². The van der Waals surface area contributed by atoms with Crippen molar-refractivity contribution in [3.05, 3.63) is 106 Å². The van der Waals surface area contributed by atoms with E-state index in [9.17, 15) is 5.11 Å². The minimum Gasteiger partial charge on any atom is -0.506 e. The summed E-state index contributed by atoms with van der Waals surface area (Å²) >= 11 is 12.1. The topological polar surface area (TPSA) is 66.2 Å². The largest absolute Gasteiger partial charge is 0.506 e. The van der Waals surface area contributed by atoms with Crippen molar-refractivity contribution in [1.29, 1.82) is 0 Å². The van der Waals surface area contributed by atoms with Crippen LogP contribution in [0.4, 0.5) is 5.69 Å². The molecule has 0 unspecified atom stereocenters. The summed E-state index contributed by atoms with van der Waals surface area (Å²) < 4.78 is 2.28. The number of benzene rings is 1. The minimum atomic E-state index is -0.236. The summed E-state index contributed by atoms with van der Waals surface area (Å²) in [6.45, 7) is 4.93. The summed E-state index contributed by atoms with van der Waals surface area (Å²) in [5.74, 6) is 0.115. The molecule has 0 bridgehead atoms. The van der Waals surface area contributed by atoms with Crippen LogP contribution < -0.4 is 10.2 Å². The van der Waals surface area contributed by atoms with E-state index in [0.717, 1.165) is 28.2 Å². The molecule has 1 fully saturated rings. The van der Waals surface area contributed by atoms with Crippen LogP contribution in [0.25, 0.3) is 0 Å². The van der Waals surface area contributed by atoms with Gasteiger partial charge < -0.3 is 19.9 Å². The van der Waals surface area contributed by atoms with Crippen molar-refractivity contribution in [2.24, 2.45) is 0 Å². The maximum Gasteiger partial charge on any atom is 0.174 e. The van der Waals surface area contributed by atoms with Gasteiger partial charge in [-0.1, -0.05) is 23.7 Å². The van der Waals surface area contributed by atoms with E-state index < -0.39 is 0 Å². The lowest BCUT2D eigenvalue weighted by atomic mass is 9.96. The molecule has 0 radical (unpaired) electrons. The highest BCUT2D eigenvalue weighted by molar-refractivity contribution is 7.80. The number of phenols is 1. The van der Waals surface area contributed by atoms with Gasteiger partial charge in [-0.3, -0.25) is 9.97 Å². The van der Waals surface area contributed by atoms with Crippen LogP contribution in [0.3, 0.4) is 0 Å². The van der Waals surface area contributed by atoms with Crippen LogP contribution in [0.5, 0.6) is 5.75 Å². The highest BCUT2D eigenvalue weighted by Crippen LogP contribution is 2.46. The molecule has 2 N–H and O–H groups in total. The fraction of sp³-hybridized carbons (Fsp3) is 0.192. The van der Waals surface area contributed by atoms with Crippen molar-refractivity contribution in [1.82, 2.24) is 19.9 Å². The summed E-state index contributed by atoms with van der Waals surface area (Å²) in [6.07, 6.45) is 5.45. The molecule has 0 amide bonds. The smallest absolute Gasteiger partial charge is 0.174 e. The lowest BCUT2D eigenvalue weighted by Crippen LogP contribution is -2.29. The number of hydrogen-bond donors (Lipinski definition) is 2. The predicted molar refractivity (Wildman–Crippen MR) is 138 cm³/mol. The van der Waals surface area contributed by atoms with E-state index in [-0.39, 0.29) is 17.8 Å². The van der Waals surface area contributed by atoms with Crippen molar-refractivity contribution in [3.63, 3.8) is 0 Å². The van der Waals surface area contributed by atoms with Crippen LogP contribution in [0.15, 0.2) is 73.2 Å². The maximum atomic E-state index is 10.7. The number of aromatic hydroxyl groups is 1. The van der Waals surface area contributed by atoms with Gasteiger partial charge in [0.2, 0.25) is 0 Å². The third-order valence-electron chi connectivity index (χ3n) is 6.29. The molecule has 0 spiro atoms. The molecule has 5 rings (SSSR count). The van der Waals surface area contributed by atoms with E-state index in [0.29, 0.717) is 22.4 Å². The van der Waals surface area contributed by atoms with Crippen LogP contribution >= 0.6 is 23.8 Å². The molecular weight excluding hydrogens is 466 g/mol. The summed E-state index contributed by atoms with van der Waals surface area (Å²) in [4.78, 5) is 10.8. The summed E-state index contributed by atoms with van der Waals surface area (Å²) in [5.41, 5.74) is 5.90. The van der Waals surface area contributed by atoms with Crippen molar-refractivity contribution >= 4 is 34.6 Å². The van der Waals surface area contributed by atoms with Gasteiger partial charge in [0.05, 0.1) is 23.5 Å². The van der Waals surface area contributed by atoms with Gasteiger partial charge in [-0.05, 0) is 79.7 Å². The van der Waals surface area contributed by atoms with Crippen molar-refractivity contribution in [2.75, 3.05) is 4.90 Å². The first-order chi connectivity index (χ1) is 16.4. The number of aromatic nitrogens is 3. The van der Waals surface area contributed by atoms with Crippen LogP contribution in [0.2, 0.25) is 5.02 Å². The molecule has 1 saturated heterocycles. The molecule has 34 heavy (non-hydrogen) atoms. The average Bonchev–Trinajstić information content (AvgIpc) is 3.32. The monoisotopic (exact) mass is 489 g/mol. The number of halogens is 1. The third-order valence-corrected chi connectivity index (χ3v) is 6.84. The Kier molecular flexibility index (Phi) is 5.98. The number of phenolic OH excluding ortho intramolecular Hbond substituents is 1. The Morgan fingerprint density at radius 2 is 1.94 bits per heavy atom. The zero-order chi connectivity index (χ0) is 23.8. The zero-order valence-corrected chi connectivity index (χ0v) is 20.4. The quantitative estimate of drug-likeness (QED) is 0.362. The number of anilines is 1. The summed E-state index contributed by atoms with van der Waals surface area (Å²) in [7, 11) is 0. The normalized spacial score (nSPS) is 17.7. The highest BCUT2D eigenvalue weighted by atomic mass is 35.5. The SMILES string of the molecule is Cc1cc([C@@H]2[C@@H](c3ccccn3)NC(=S)N2c2cc(Cl)ccc2O)c(C)n1Cc1cccnc1. The molecule has 1 aromatic carbocycles. The predicted octanol–water partition coefficient (Wildman–Crippen LogP) is 5.48. The number of nitrogens with one attached hydrogen (secondary N) is 1. The second-order valence-corrected chi connectivity index (χ2v) is 9.23. The first-order valence-electron chi connectivity index (χ1n) is 11.0. The number of nitrogens with zero attached hydrogens (tertiary/aromatic N) is 4. The third kappa shape index (κ3) is 4.02. The lowest BCUT2D eigenvalue weighted by Gasteiger charge is -2.28. The number of rotatable bonds is 5. The number of thiocarbonyl (C=S) groups is 1. The van der Waals surface area contributed by atoms with Crippen LogP contribution in [0.1, 0.15) is 40.3 Å². The minimum absolute atomic E-state index is 0.115. The van der Waals surface area contributed by atoms with Gasteiger partial charge in [0.15, 0.2) is 5.11 Å². The summed E-state index contributed by atoms with van der Waals surface area (Å²) in [5, 5.41) is 15.2. The maximum absolute atomic E-state index is 10.7. The van der Waals surface area contributed by atoms with Crippen LogP contribution in [0, 0.1) is 13.8 Å². The van der Waals surface area contributed by atoms with Gasteiger partial charge in [0.1, 0.15) is 5.75 Å². The van der Waals surface area contributed by atoms with Gasteiger partial charge in [0.25, 0.3) is 0 Å². The van der Waals surface area contributed by atoms with E-state index in [2.05, 4.69) is 45.8 Å². The molecule has 3 aromatic heterocycles. The van der Waals surface area contributed by atoms with Gasteiger partial charge in [-0.25, -0.2) is 0 Å². The summed E-state index contributed by atoms with van der Waals surface area (Å²) in [6, 6.07) is 16.6. The van der Waals surface area contributed by atoms with Crippen LogP contribution in [-0.2, 0) is 6.54 Å². The molecule has 172 valence electrons. The Morgan fingerprint density at radius 3 is 2.68 bits per heavy atom. The molecule has 4 aromatic rings. The Morgan fingerprint density at radius 1 is 1.09 bits per heavy atom. The van der Waals surface area contributed by atoms with Crippen molar-refractivity contribution < 1.29 is 5.11 Å². The first-order valence-corrected chi connectivity index (χ1v) is 11.8. The Hall–Kier alpha value is -3.42. The molecule has 2 atom stereocenters. The molecule has 0 aliphatic carbocycles. The van der Waals surface area contributed by atoms with E-state index >= 15 is 0 Å². The number of aryl methyl sites for hydroxylation is 1. The zero-order valence-electron chi connectivity index (χ0n) is 18.8. The molecular formula is C26H24ClN5OS. The second-order valence-electron chi connectivity index (χ2n) is 8.40. The van der Waals surface area contributed by atoms with Gasteiger partial charge in [-0.2, -0.15) is 0 Å². The van der Waals surface area contributed by atoms with Crippen molar-refractivity contribution in [2.45, 2.75) is 32.5 Å². The fourth-order valence-corrected chi connectivity index (χ4v) is 5.17.